The fourth-order valence-electron chi connectivity index (χ4n) is 3.07. The average Bonchev–Trinajstić information content (AvgIpc) is 2.85. The van der Waals surface area contributed by atoms with E-state index in [-0.39, 0.29) is 22.5 Å². The molecule has 16 heavy (non-hydrogen) atoms. The van der Waals surface area contributed by atoms with Crippen molar-refractivity contribution < 1.29 is 13.2 Å². The van der Waals surface area contributed by atoms with Crippen molar-refractivity contribution in [3.63, 3.8) is 0 Å². The van der Waals surface area contributed by atoms with Crippen LogP contribution >= 0.6 is 0 Å². The third kappa shape index (κ3) is 2.00. The van der Waals surface area contributed by atoms with Crippen molar-refractivity contribution in [2.24, 2.45) is 11.7 Å². The molecule has 2 fully saturated rings. The van der Waals surface area contributed by atoms with E-state index in [2.05, 4.69) is 0 Å². The summed E-state index contributed by atoms with van der Waals surface area (Å²) in [6.45, 7) is 2.93. The summed E-state index contributed by atoms with van der Waals surface area (Å²) in [5, 5.41) is -0.517. The molecular weight excluding hydrogens is 226 g/mol. The lowest BCUT2D eigenvalue weighted by Crippen LogP contribution is -2.39. The average molecular weight is 247 g/mol. The first kappa shape index (κ1) is 12.3. The van der Waals surface area contributed by atoms with E-state index in [0.29, 0.717) is 19.6 Å². The second-order valence-electron chi connectivity index (χ2n) is 4.96. The minimum absolute atomic E-state index is 0.149. The number of hydrogen-bond donors (Lipinski definition) is 1. The SMILES string of the molecule is CC1OCCC1S(=O)(=O)C1CCCC1CN. The van der Waals surface area contributed by atoms with Gasteiger partial charge in [0.2, 0.25) is 0 Å². The fraction of sp³-hybridized carbons (Fsp3) is 1.00. The molecular formula is C11H21NO3S. The molecule has 1 aliphatic carbocycles. The van der Waals surface area contributed by atoms with Crippen molar-refractivity contribution >= 4 is 9.84 Å². The summed E-state index contributed by atoms with van der Waals surface area (Å²) in [4.78, 5) is 0. The monoisotopic (exact) mass is 247 g/mol. The summed E-state index contributed by atoms with van der Waals surface area (Å²) in [5.41, 5.74) is 5.66. The molecule has 0 aromatic carbocycles. The minimum Gasteiger partial charge on any atom is -0.377 e. The van der Waals surface area contributed by atoms with Gasteiger partial charge in [-0.1, -0.05) is 6.42 Å². The summed E-state index contributed by atoms with van der Waals surface area (Å²) in [6, 6.07) is 0. The Morgan fingerprint density at radius 3 is 2.56 bits per heavy atom. The second-order valence-corrected chi connectivity index (χ2v) is 7.35. The van der Waals surface area contributed by atoms with Crippen LogP contribution in [0.5, 0.6) is 0 Å². The lowest BCUT2D eigenvalue weighted by Gasteiger charge is -2.24. The number of sulfone groups is 1. The first-order valence-corrected chi connectivity index (χ1v) is 7.72. The molecule has 1 heterocycles. The molecule has 1 aliphatic heterocycles. The quantitative estimate of drug-likeness (QED) is 0.797. The van der Waals surface area contributed by atoms with Crippen LogP contribution in [0.1, 0.15) is 32.6 Å². The van der Waals surface area contributed by atoms with Crippen molar-refractivity contribution in [2.45, 2.75) is 49.2 Å². The van der Waals surface area contributed by atoms with Gasteiger partial charge in [0.05, 0.1) is 16.6 Å². The molecule has 1 saturated heterocycles. The predicted molar refractivity (Wildman–Crippen MR) is 62.9 cm³/mol. The van der Waals surface area contributed by atoms with Crippen LogP contribution in [0.15, 0.2) is 0 Å². The van der Waals surface area contributed by atoms with Gasteiger partial charge in [0.25, 0.3) is 0 Å². The molecule has 2 aliphatic rings. The Bertz CT molecular complexity index is 341. The molecule has 4 unspecified atom stereocenters. The van der Waals surface area contributed by atoms with E-state index < -0.39 is 9.84 Å². The number of ether oxygens (including phenoxy) is 1. The summed E-state index contributed by atoms with van der Waals surface area (Å²) in [6.07, 6.45) is 3.24. The molecule has 5 heteroatoms. The van der Waals surface area contributed by atoms with Crippen molar-refractivity contribution in [1.29, 1.82) is 0 Å². The van der Waals surface area contributed by atoms with Crippen LogP contribution in [0, 0.1) is 5.92 Å². The van der Waals surface area contributed by atoms with Gasteiger partial charge in [0.15, 0.2) is 9.84 Å². The van der Waals surface area contributed by atoms with Crippen LogP contribution in [0.4, 0.5) is 0 Å². The van der Waals surface area contributed by atoms with E-state index in [1.807, 2.05) is 6.92 Å². The smallest absolute Gasteiger partial charge is 0.158 e. The molecule has 94 valence electrons. The normalized spacial score (nSPS) is 40.4. The summed E-state index contributed by atoms with van der Waals surface area (Å²) in [5.74, 6) is 0.165. The van der Waals surface area contributed by atoms with E-state index in [1.54, 1.807) is 0 Å². The zero-order chi connectivity index (χ0) is 11.8. The van der Waals surface area contributed by atoms with Crippen LogP contribution in [-0.2, 0) is 14.6 Å². The van der Waals surface area contributed by atoms with Crippen LogP contribution < -0.4 is 5.73 Å². The molecule has 0 aromatic heterocycles. The third-order valence-electron chi connectivity index (χ3n) is 4.04. The Morgan fingerprint density at radius 2 is 2.00 bits per heavy atom. The van der Waals surface area contributed by atoms with Crippen molar-refractivity contribution in [3.05, 3.63) is 0 Å². The molecule has 2 rings (SSSR count). The van der Waals surface area contributed by atoms with Crippen LogP contribution in [0.25, 0.3) is 0 Å². The molecule has 4 atom stereocenters. The summed E-state index contributed by atoms with van der Waals surface area (Å²) < 4.78 is 30.3. The van der Waals surface area contributed by atoms with Crippen LogP contribution in [0.3, 0.4) is 0 Å². The maximum atomic E-state index is 12.5. The van der Waals surface area contributed by atoms with Gasteiger partial charge < -0.3 is 10.5 Å². The molecule has 0 spiro atoms. The van der Waals surface area contributed by atoms with E-state index in [4.69, 9.17) is 10.5 Å². The lowest BCUT2D eigenvalue weighted by molar-refractivity contribution is 0.126. The van der Waals surface area contributed by atoms with Gasteiger partial charge in [-0.05, 0) is 38.6 Å². The van der Waals surface area contributed by atoms with Gasteiger partial charge in [-0.2, -0.15) is 0 Å². The summed E-state index contributed by atoms with van der Waals surface area (Å²) >= 11 is 0. The van der Waals surface area contributed by atoms with Gasteiger partial charge in [0, 0.05) is 6.61 Å². The molecule has 0 amide bonds. The first-order chi connectivity index (χ1) is 7.57. The Labute approximate surface area is 97.5 Å². The van der Waals surface area contributed by atoms with E-state index in [1.165, 1.54) is 0 Å². The van der Waals surface area contributed by atoms with Crippen molar-refractivity contribution in [1.82, 2.24) is 0 Å². The maximum absolute atomic E-state index is 12.5. The highest BCUT2D eigenvalue weighted by Crippen LogP contribution is 2.35. The molecule has 0 bridgehead atoms. The van der Waals surface area contributed by atoms with Crippen LogP contribution in [0.2, 0.25) is 0 Å². The third-order valence-corrected chi connectivity index (χ3v) is 6.97. The highest BCUT2D eigenvalue weighted by Gasteiger charge is 2.44. The van der Waals surface area contributed by atoms with Gasteiger partial charge in [0.1, 0.15) is 0 Å². The first-order valence-electron chi connectivity index (χ1n) is 6.11. The zero-order valence-corrected chi connectivity index (χ0v) is 10.6. The van der Waals surface area contributed by atoms with E-state index in [9.17, 15) is 8.42 Å². The molecule has 1 saturated carbocycles. The summed E-state index contributed by atoms with van der Waals surface area (Å²) in [7, 11) is -3.05. The lowest BCUT2D eigenvalue weighted by atomic mass is 10.1. The molecule has 0 radical (unpaired) electrons. The number of hydrogen-bond acceptors (Lipinski definition) is 4. The van der Waals surface area contributed by atoms with Gasteiger partial charge in [-0.25, -0.2) is 8.42 Å². The minimum atomic E-state index is -3.05. The second kappa shape index (κ2) is 4.63. The highest BCUT2D eigenvalue weighted by atomic mass is 32.2. The van der Waals surface area contributed by atoms with Crippen LogP contribution in [-0.4, -0.2) is 38.2 Å². The Morgan fingerprint density at radius 1 is 1.25 bits per heavy atom. The zero-order valence-electron chi connectivity index (χ0n) is 9.76. The predicted octanol–water partition coefficient (Wildman–Crippen LogP) is 0.706. The van der Waals surface area contributed by atoms with Gasteiger partial charge in [-0.15, -0.1) is 0 Å². The largest absolute Gasteiger partial charge is 0.377 e. The Kier molecular flexibility index (Phi) is 3.56. The number of nitrogens with two attached hydrogens (primary N) is 1. The fourth-order valence-corrected chi connectivity index (χ4v) is 5.84. The maximum Gasteiger partial charge on any atom is 0.158 e. The number of rotatable bonds is 3. The van der Waals surface area contributed by atoms with Gasteiger partial charge >= 0.3 is 0 Å². The highest BCUT2D eigenvalue weighted by molar-refractivity contribution is 7.92. The Hall–Kier alpha value is -0.130. The standard InChI is InChI=1S/C11H21NO3S/c1-8-10(5-6-15-8)16(13,14)11-4-2-3-9(11)7-12/h8-11H,2-7,12H2,1H3. The van der Waals surface area contributed by atoms with E-state index >= 15 is 0 Å². The van der Waals surface area contributed by atoms with Gasteiger partial charge in [-0.3, -0.25) is 0 Å². The Balaban J connectivity index is 2.18. The topological polar surface area (TPSA) is 69.4 Å². The van der Waals surface area contributed by atoms with Crippen molar-refractivity contribution in [2.75, 3.05) is 13.2 Å². The molecule has 0 aromatic rings. The van der Waals surface area contributed by atoms with Crippen molar-refractivity contribution in [3.8, 4) is 0 Å². The molecule has 4 nitrogen and oxygen atoms in total. The molecule has 2 N–H and O–H groups in total. The van der Waals surface area contributed by atoms with E-state index in [0.717, 1.165) is 19.3 Å².